The van der Waals surface area contributed by atoms with E-state index in [0.29, 0.717) is 0 Å². The molecule has 0 spiro atoms. The Bertz CT molecular complexity index is 377. The number of carboxylic acids is 1. The fourth-order valence-corrected chi connectivity index (χ4v) is 1.41. The minimum Gasteiger partial charge on any atom is -0.480 e. The van der Waals surface area contributed by atoms with Crippen LogP contribution in [-0.2, 0) is 20.9 Å². The van der Waals surface area contributed by atoms with E-state index in [1.807, 2.05) is 30.3 Å². The van der Waals surface area contributed by atoms with Crippen LogP contribution in [0.25, 0.3) is 0 Å². The second kappa shape index (κ2) is 7.06. The second-order valence-electron chi connectivity index (χ2n) is 3.49. The van der Waals surface area contributed by atoms with Gasteiger partial charge in [0.15, 0.2) is 0 Å². The third-order valence-electron chi connectivity index (χ3n) is 2.11. The maximum absolute atomic E-state index is 11.3. The average Bonchev–Trinajstić information content (AvgIpc) is 2.34. The van der Waals surface area contributed by atoms with Crippen molar-refractivity contribution in [3.8, 4) is 0 Å². The van der Waals surface area contributed by atoms with Crippen molar-refractivity contribution in [3.05, 3.63) is 35.9 Å². The van der Waals surface area contributed by atoms with Gasteiger partial charge in [-0.15, -0.1) is 0 Å². The second-order valence-corrected chi connectivity index (χ2v) is 4.60. The van der Waals surface area contributed by atoms with Crippen molar-refractivity contribution in [1.82, 2.24) is 0 Å². The van der Waals surface area contributed by atoms with Gasteiger partial charge in [-0.05, 0) is 12.0 Å². The van der Waals surface area contributed by atoms with E-state index < -0.39 is 10.8 Å². The highest BCUT2D eigenvalue weighted by atomic mass is 79.9. The van der Waals surface area contributed by atoms with Crippen LogP contribution in [0.4, 0.5) is 0 Å². The number of esters is 1. The molecule has 92 valence electrons. The van der Waals surface area contributed by atoms with Gasteiger partial charge in [-0.25, -0.2) is 0 Å². The molecule has 1 aromatic rings. The summed E-state index contributed by atoms with van der Waals surface area (Å²) in [6.45, 7) is 0.222. The summed E-state index contributed by atoms with van der Waals surface area (Å²) in [6.07, 6.45) is 0.317. The molecule has 0 aliphatic carbocycles. The summed E-state index contributed by atoms with van der Waals surface area (Å²) < 4.78 is 5.01. The van der Waals surface area contributed by atoms with E-state index in [2.05, 4.69) is 15.9 Å². The summed E-state index contributed by atoms with van der Waals surface area (Å²) in [7, 11) is 0. The lowest BCUT2D eigenvalue weighted by Crippen LogP contribution is -2.15. The van der Waals surface area contributed by atoms with Gasteiger partial charge < -0.3 is 9.84 Å². The molecule has 0 fully saturated rings. The number of carbonyl (C=O) groups is 2. The number of carboxylic acid groups (broad SMARTS) is 1. The summed E-state index contributed by atoms with van der Waals surface area (Å²) >= 11 is 2.96. The van der Waals surface area contributed by atoms with E-state index in [9.17, 15) is 9.59 Å². The van der Waals surface area contributed by atoms with Gasteiger partial charge >= 0.3 is 11.9 Å². The number of alkyl halides is 1. The van der Waals surface area contributed by atoms with E-state index in [1.165, 1.54) is 0 Å². The Balaban J connectivity index is 2.24. The van der Waals surface area contributed by atoms with Crippen molar-refractivity contribution in [1.29, 1.82) is 0 Å². The van der Waals surface area contributed by atoms with Crippen LogP contribution in [0.2, 0.25) is 0 Å². The molecule has 17 heavy (non-hydrogen) atoms. The fraction of sp³-hybridized carbons (Fsp3) is 0.333. The molecule has 0 saturated carbocycles. The van der Waals surface area contributed by atoms with E-state index in [0.717, 1.165) is 5.56 Å². The molecule has 0 bridgehead atoms. The van der Waals surface area contributed by atoms with Gasteiger partial charge in [-0.1, -0.05) is 46.3 Å². The SMILES string of the molecule is O=C(CCC(Br)C(=O)O)OCc1ccccc1. The van der Waals surface area contributed by atoms with Crippen molar-refractivity contribution in [2.75, 3.05) is 0 Å². The number of halogens is 1. The lowest BCUT2D eigenvalue weighted by Gasteiger charge is -2.06. The Morgan fingerprint density at radius 1 is 1.29 bits per heavy atom. The van der Waals surface area contributed by atoms with Crippen LogP contribution in [0.5, 0.6) is 0 Å². The molecule has 0 radical (unpaired) electrons. The first kappa shape index (κ1) is 13.7. The number of carbonyl (C=O) groups excluding carboxylic acids is 1. The highest BCUT2D eigenvalue weighted by Crippen LogP contribution is 2.09. The molecule has 1 atom stereocenters. The zero-order valence-corrected chi connectivity index (χ0v) is 10.7. The summed E-state index contributed by atoms with van der Waals surface area (Å²) in [4.78, 5) is 21.1. The Hall–Kier alpha value is -1.36. The lowest BCUT2D eigenvalue weighted by molar-refractivity contribution is -0.145. The molecule has 4 nitrogen and oxygen atoms in total. The van der Waals surface area contributed by atoms with Crippen LogP contribution >= 0.6 is 15.9 Å². The minimum absolute atomic E-state index is 0.0923. The topological polar surface area (TPSA) is 63.6 Å². The predicted octanol–water partition coefficient (Wildman–Crippen LogP) is 2.36. The molecule has 1 unspecified atom stereocenters. The molecule has 0 saturated heterocycles. The highest BCUT2D eigenvalue weighted by molar-refractivity contribution is 9.10. The molecule has 0 aromatic heterocycles. The van der Waals surface area contributed by atoms with Gasteiger partial charge in [0.1, 0.15) is 11.4 Å². The molecule has 5 heteroatoms. The van der Waals surface area contributed by atoms with E-state index in [-0.39, 0.29) is 25.4 Å². The largest absolute Gasteiger partial charge is 0.480 e. The third kappa shape index (κ3) is 5.49. The smallest absolute Gasteiger partial charge is 0.317 e. The number of aliphatic carboxylic acids is 1. The van der Waals surface area contributed by atoms with Crippen LogP contribution in [0.15, 0.2) is 30.3 Å². The Kier molecular flexibility index (Phi) is 5.69. The van der Waals surface area contributed by atoms with Crippen molar-refractivity contribution in [2.24, 2.45) is 0 Å². The van der Waals surface area contributed by atoms with Crippen LogP contribution in [0.1, 0.15) is 18.4 Å². The standard InChI is InChI=1S/C12H13BrO4/c13-10(12(15)16)6-7-11(14)17-8-9-4-2-1-3-5-9/h1-5,10H,6-8H2,(H,15,16). The lowest BCUT2D eigenvalue weighted by atomic mass is 10.2. The molecular formula is C12H13BrO4. The number of hydrogen-bond donors (Lipinski definition) is 1. The molecule has 0 aliphatic rings. The normalized spacial score (nSPS) is 11.8. The quantitative estimate of drug-likeness (QED) is 0.647. The van der Waals surface area contributed by atoms with Crippen LogP contribution in [0.3, 0.4) is 0 Å². The molecule has 1 N–H and O–H groups in total. The highest BCUT2D eigenvalue weighted by Gasteiger charge is 2.15. The van der Waals surface area contributed by atoms with Gasteiger partial charge in [0.25, 0.3) is 0 Å². The van der Waals surface area contributed by atoms with Gasteiger partial charge in [-0.3, -0.25) is 9.59 Å². The first-order valence-corrected chi connectivity index (χ1v) is 6.07. The van der Waals surface area contributed by atoms with Crippen molar-refractivity contribution in [2.45, 2.75) is 24.3 Å². The summed E-state index contributed by atoms with van der Waals surface area (Å²) in [6, 6.07) is 9.33. The zero-order valence-electron chi connectivity index (χ0n) is 9.14. The monoisotopic (exact) mass is 300 g/mol. The Morgan fingerprint density at radius 3 is 2.53 bits per heavy atom. The maximum atomic E-state index is 11.3. The Labute approximate surface area is 108 Å². The molecular weight excluding hydrogens is 288 g/mol. The molecule has 0 aliphatic heterocycles. The first-order valence-electron chi connectivity index (χ1n) is 5.16. The van der Waals surface area contributed by atoms with E-state index >= 15 is 0 Å². The van der Waals surface area contributed by atoms with Crippen molar-refractivity contribution in [3.63, 3.8) is 0 Å². The van der Waals surface area contributed by atoms with Crippen molar-refractivity contribution < 1.29 is 19.4 Å². The van der Waals surface area contributed by atoms with Crippen LogP contribution in [0, 0.1) is 0 Å². The zero-order chi connectivity index (χ0) is 12.7. The third-order valence-corrected chi connectivity index (χ3v) is 2.96. The summed E-state index contributed by atoms with van der Waals surface area (Å²) in [5.74, 6) is -1.36. The maximum Gasteiger partial charge on any atom is 0.317 e. The fourth-order valence-electron chi connectivity index (χ4n) is 1.18. The Morgan fingerprint density at radius 2 is 1.94 bits per heavy atom. The molecule has 0 amide bonds. The predicted molar refractivity (Wildman–Crippen MR) is 65.8 cm³/mol. The molecule has 1 rings (SSSR count). The van der Waals surface area contributed by atoms with Crippen molar-refractivity contribution >= 4 is 27.9 Å². The van der Waals surface area contributed by atoms with Crippen LogP contribution < -0.4 is 0 Å². The van der Waals surface area contributed by atoms with Gasteiger partial charge in [0, 0.05) is 6.42 Å². The van der Waals surface area contributed by atoms with Gasteiger partial charge in [-0.2, -0.15) is 0 Å². The minimum atomic E-state index is -0.971. The van der Waals surface area contributed by atoms with Gasteiger partial charge in [0.05, 0.1) is 0 Å². The number of ether oxygens (including phenoxy) is 1. The van der Waals surface area contributed by atoms with E-state index in [4.69, 9.17) is 9.84 Å². The first-order chi connectivity index (χ1) is 8.09. The number of benzene rings is 1. The summed E-state index contributed by atoms with van der Waals surface area (Å²) in [5, 5.41) is 8.60. The number of rotatable bonds is 6. The molecule has 0 heterocycles. The average molecular weight is 301 g/mol. The number of hydrogen-bond acceptors (Lipinski definition) is 3. The van der Waals surface area contributed by atoms with Crippen LogP contribution in [-0.4, -0.2) is 21.9 Å². The molecule has 1 aromatic carbocycles. The van der Waals surface area contributed by atoms with E-state index in [1.54, 1.807) is 0 Å². The summed E-state index contributed by atoms with van der Waals surface area (Å²) in [5.41, 5.74) is 0.912. The van der Waals surface area contributed by atoms with Gasteiger partial charge in [0.2, 0.25) is 0 Å².